The molecule has 21 heavy (non-hydrogen) atoms. The molecule has 0 bridgehead atoms. The summed E-state index contributed by atoms with van der Waals surface area (Å²) in [6, 6.07) is 8.87. The first-order valence-electron chi connectivity index (χ1n) is 8.16. The quantitative estimate of drug-likeness (QED) is 0.780. The lowest BCUT2D eigenvalue weighted by Crippen LogP contribution is -2.50. The summed E-state index contributed by atoms with van der Waals surface area (Å²) in [7, 11) is 0. The van der Waals surface area contributed by atoms with Crippen LogP contribution in [-0.4, -0.2) is 50.2 Å². The Balaban J connectivity index is 1.73. The zero-order chi connectivity index (χ0) is 15.1. The van der Waals surface area contributed by atoms with Crippen LogP contribution in [0.25, 0.3) is 0 Å². The molecule has 4 heteroatoms. The third-order valence-electron chi connectivity index (χ3n) is 4.30. The van der Waals surface area contributed by atoms with Crippen LogP contribution in [0.5, 0.6) is 0 Å². The fourth-order valence-corrected chi connectivity index (χ4v) is 2.99. The van der Waals surface area contributed by atoms with E-state index in [0.29, 0.717) is 6.04 Å². The highest BCUT2D eigenvalue weighted by atomic mass is 35.5. The monoisotopic (exact) mass is 309 g/mol. The van der Waals surface area contributed by atoms with Crippen LogP contribution >= 0.6 is 11.6 Å². The standard InChI is InChI=1S/C17H28ClN3/c1-3-9-19-10-8-15(2)20-11-13-21(14-12-20)17-6-4-16(18)5-7-17/h4-7,15,19H,3,8-14H2,1-2H3. The van der Waals surface area contributed by atoms with Gasteiger partial charge in [0.1, 0.15) is 0 Å². The lowest BCUT2D eigenvalue weighted by Gasteiger charge is -2.39. The molecule has 1 unspecified atom stereocenters. The minimum Gasteiger partial charge on any atom is -0.369 e. The van der Waals surface area contributed by atoms with Crippen LogP contribution in [0.4, 0.5) is 5.69 Å². The molecule has 1 atom stereocenters. The highest BCUT2D eigenvalue weighted by Crippen LogP contribution is 2.20. The minimum absolute atomic E-state index is 0.668. The van der Waals surface area contributed by atoms with E-state index in [1.165, 1.54) is 18.5 Å². The van der Waals surface area contributed by atoms with Crippen LogP contribution in [0.1, 0.15) is 26.7 Å². The van der Waals surface area contributed by atoms with Gasteiger partial charge in [-0.2, -0.15) is 0 Å². The molecule has 1 heterocycles. The van der Waals surface area contributed by atoms with E-state index < -0.39 is 0 Å². The molecule has 1 saturated heterocycles. The highest BCUT2D eigenvalue weighted by molar-refractivity contribution is 6.30. The molecule has 1 aliphatic heterocycles. The van der Waals surface area contributed by atoms with Crippen molar-refractivity contribution in [3.63, 3.8) is 0 Å². The van der Waals surface area contributed by atoms with E-state index >= 15 is 0 Å². The summed E-state index contributed by atoms with van der Waals surface area (Å²) in [6.07, 6.45) is 2.45. The Morgan fingerprint density at radius 1 is 1.10 bits per heavy atom. The van der Waals surface area contributed by atoms with Crippen molar-refractivity contribution in [2.75, 3.05) is 44.2 Å². The molecule has 2 rings (SSSR count). The van der Waals surface area contributed by atoms with Crippen molar-refractivity contribution in [3.8, 4) is 0 Å². The first kappa shape index (κ1) is 16.6. The topological polar surface area (TPSA) is 18.5 Å². The second-order valence-electron chi connectivity index (χ2n) is 5.89. The second kappa shape index (κ2) is 8.62. The van der Waals surface area contributed by atoms with E-state index in [4.69, 9.17) is 11.6 Å². The fraction of sp³-hybridized carbons (Fsp3) is 0.647. The van der Waals surface area contributed by atoms with Crippen LogP contribution < -0.4 is 10.2 Å². The van der Waals surface area contributed by atoms with E-state index in [-0.39, 0.29) is 0 Å². The molecule has 0 spiro atoms. The van der Waals surface area contributed by atoms with Gasteiger partial charge in [0, 0.05) is 42.9 Å². The SMILES string of the molecule is CCCNCCC(C)N1CCN(c2ccc(Cl)cc2)CC1. The molecule has 0 aliphatic carbocycles. The fourth-order valence-electron chi connectivity index (χ4n) is 2.87. The number of rotatable bonds is 7. The Kier molecular flexibility index (Phi) is 6.81. The molecule has 3 nitrogen and oxygen atoms in total. The molecule has 0 amide bonds. The average Bonchev–Trinajstić information content (AvgIpc) is 2.52. The van der Waals surface area contributed by atoms with Gasteiger partial charge >= 0.3 is 0 Å². The molecule has 1 aromatic carbocycles. The molecule has 0 saturated carbocycles. The lowest BCUT2D eigenvalue weighted by molar-refractivity contribution is 0.188. The van der Waals surface area contributed by atoms with Crippen LogP contribution in [0, 0.1) is 0 Å². The van der Waals surface area contributed by atoms with E-state index in [1.807, 2.05) is 12.1 Å². The molecular formula is C17H28ClN3. The maximum Gasteiger partial charge on any atom is 0.0407 e. The number of benzene rings is 1. The molecule has 118 valence electrons. The van der Waals surface area contributed by atoms with Gasteiger partial charge in [-0.3, -0.25) is 4.90 Å². The van der Waals surface area contributed by atoms with E-state index in [2.05, 4.69) is 41.1 Å². The maximum absolute atomic E-state index is 5.95. The predicted octanol–water partition coefficient (Wildman–Crippen LogP) is 3.24. The Morgan fingerprint density at radius 3 is 2.38 bits per heavy atom. The first-order chi connectivity index (χ1) is 10.2. The van der Waals surface area contributed by atoms with Crippen LogP contribution in [0.2, 0.25) is 5.02 Å². The van der Waals surface area contributed by atoms with Crippen molar-refractivity contribution in [2.45, 2.75) is 32.7 Å². The van der Waals surface area contributed by atoms with Crippen molar-refractivity contribution in [1.82, 2.24) is 10.2 Å². The van der Waals surface area contributed by atoms with Crippen molar-refractivity contribution in [2.24, 2.45) is 0 Å². The summed E-state index contributed by atoms with van der Waals surface area (Å²) in [4.78, 5) is 5.06. The number of nitrogens with one attached hydrogen (secondary N) is 1. The largest absolute Gasteiger partial charge is 0.369 e. The van der Waals surface area contributed by atoms with E-state index in [9.17, 15) is 0 Å². The van der Waals surface area contributed by atoms with Gasteiger partial charge in [0.25, 0.3) is 0 Å². The Morgan fingerprint density at radius 2 is 1.76 bits per heavy atom. The Hall–Kier alpha value is -0.770. The summed E-state index contributed by atoms with van der Waals surface area (Å²) in [6.45, 7) is 11.3. The summed E-state index contributed by atoms with van der Waals surface area (Å²) < 4.78 is 0. The van der Waals surface area contributed by atoms with E-state index in [0.717, 1.165) is 44.3 Å². The van der Waals surface area contributed by atoms with Gasteiger partial charge in [-0.05, 0) is 57.1 Å². The summed E-state index contributed by atoms with van der Waals surface area (Å²) in [5.74, 6) is 0. The Bertz CT molecular complexity index is 399. The van der Waals surface area contributed by atoms with Crippen molar-refractivity contribution in [3.05, 3.63) is 29.3 Å². The summed E-state index contributed by atoms with van der Waals surface area (Å²) in [5.41, 5.74) is 1.29. The van der Waals surface area contributed by atoms with Gasteiger partial charge in [0.15, 0.2) is 0 Å². The van der Waals surface area contributed by atoms with Crippen molar-refractivity contribution >= 4 is 17.3 Å². The lowest BCUT2D eigenvalue weighted by atomic mass is 10.1. The third kappa shape index (κ3) is 5.17. The molecule has 0 radical (unpaired) electrons. The minimum atomic E-state index is 0.668. The molecular weight excluding hydrogens is 282 g/mol. The number of halogens is 1. The number of hydrogen-bond donors (Lipinski definition) is 1. The Labute approximate surface area is 134 Å². The summed E-state index contributed by atoms with van der Waals surface area (Å²) >= 11 is 5.95. The second-order valence-corrected chi connectivity index (χ2v) is 6.32. The van der Waals surface area contributed by atoms with Crippen molar-refractivity contribution in [1.29, 1.82) is 0 Å². The number of anilines is 1. The van der Waals surface area contributed by atoms with Gasteiger partial charge in [0.05, 0.1) is 0 Å². The van der Waals surface area contributed by atoms with Crippen molar-refractivity contribution < 1.29 is 0 Å². The maximum atomic E-state index is 5.95. The first-order valence-corrected chi connectivity index (χ1v) is 8.53. The van der Waals surface area contributed by atoms with E-state index in [1.54, 1.807) is 0 Å². The predicted molar refractivity (Wildman–Crippen MR) is 92.5 cm³/mol. The van der Waals surface area contributed by atoms with Gasteiger partial charge < -0.3 is 10.2 Å². The smallest absolute Gasteiger partial charge is 0.0407 e. The van der Waals surface area contributed by atoms with Crippen LogP contribution in [-0.2, 0) is 0 Å². The molecule has 1 aromatic rings. The molecule has 0 aromatic heterocycles. The van der Waals surface area contributed by atoms with Crippen LogP contribution in [0.3, 0.4) is 0 Å². The van der Waals surface area contributed by atoms with Gasteiger partial charge in [-0.1, -0.05) is 18.5 Å². The number of piperazine rings is 1. The molecule has 1 fully saturated rings. The molecule has 1 N–H and O–H groups in total. The number of nitrogens with zero attached hydrogens (tertiary/aromatic N) is 2. The highest BCUT2D eigenvalue weighted by Gasteiger charge is 2.20. The van der Waals surface area contributed by atoms with Gasteiger partial charge in [-0.15, -0.1) is 0 Å². The number of hydrogen-bond acceptors (Lipinski definition) is 3. The summed E-state index contributed by atoms with van der Waals surface area (Å²) in [5, 5.41) is 4.31. The third-order valence-corrected chi connectivity index (χ3v) is 4.55. The normalized spacial score (nSPS) is 18.0. The van der Waals surface area contributed by atoms with Gasteiger partial charge in [0.2, 0.25) is 0 Å². The van der Waals surface area contributed by atoms with Crippen LogP contribution in [0.15, 0.2) is 24.3 Å². The zero-order valence-electron chi connectivity index (χ0n) is 13.3. The molecule has 1 aliphatic rings. The van der Waals surface area contributed by atoms with Gasteiger partial charge in [-0.25, -0.2) is 0 Å². The zero-order valence-corrected chi connectivity index (χ0v) is 14.1. The average molecular weight is 310 g/mol.